The second-order valence-electron chi connectivity index (χ2n) is 18.7. The fourth-order valence-corrected chi connectivity index (χ4v) is 12.2. The van der Waals surface area contributed by atoms with Crippen molar-refractivity contribution in [2.24, 2.45) is 0 Å². The standard InChI is InChI=1S/C68H45N/c1-5-18-45(19-6-1)47-32-34-48(35-33-47)65-57-30-14-13-28-55(57)60-43-50(36-38-58(60)65)51-37-40-63-61(44-51)66-64(69(63)54-27-17-22-49(42-54)46-20-7-2-8-21-46)41-39-59-56-29-15-16-31-62(56)68(67(59)66,52-23-9-3-10-24-52)53-25-11-4-12-26-53/h1-44,65H. The van der Waals surface area contributed by atoms with E-state index in [1.807, 2.05) is 0 Å². The molecule has 0 bridgehead atoms. The summed E-state index contributed by atoms with van der Waals surface area (Å²) < 4.78 is 2.51. The van der Waals surface area contributed by atoms with E-state index in [2.05, 4.69) is 271 Å². The highest BCUT2D eigenvalue weighted by Gasteiger charge is 2.48. The molecule has 1 unspecified atom stereocenters. The third kappa shape index (κ3) is 5.97. The predicted octanol–water partition coefficient (Wildman–Crippen LogP) is 17.3. The molecule has 2 aliphatic carbocycles. The summed E-state index contributed by atoms with van der Waals surface area (Å²) >= 11 is 0. The van der Waals surface area contributed by atoms with Gasteiger partial charge in [-0.2, -0.15) is 0 Å². The Morgan fingerprint density at radius 2 is 0.841 bits per heavy atom. The number of fused-ring (bicyclic) bond motifs is 10. The lowest BCUT2D eigenvalue weighted by atomic mass is 9.67. The lowest BCUT2D eigenvalue weighted by molar-refractivity contribution is 0.776. The molecule has 0 N–H and O–H groups in total. The van der Waals surface area contributed by atoms with Crippen LogP contribution in [0.1, 0.15) is 44.9 Å². The van der Waals surface area contributed by atoms with Crippen LogP contribution in [0.4, 0.5) is 0 Å². The molecule has 0 saturated heterocycles. The Bertz CT molecular complexity index is 3880. The molecule has 69 heavy (non-hydrogen) atoms. The molecule has 11 aromatic carbocycles. The van der Waals surface area contributed by atoms with E-state index in [0.717, 1.165) is 5.69 Å². The fourth-order valence-electron chi connectivity index (χ4n) is 12.2. The van der Waals surface area contributed by atoms with Crippen LogP contribution < -0.4 is 0 Å². The van der Waals surface area contributed by atoms with Crippen LogP contribution in [0, 0.1) is 0 Å². The molecule has 2 aliphatic rings. The summed E-state index contributed by atoms with van der Waals surface area (Å²) in [5, 5.41) is 2.52. The summed E-state index contributed by atoms with van der Waals surface area (Å²) in [5.74, 6) is 0.162. The number of hydrogen-bond donors (Lipinski definition) is 0. The minimum absolute atomic E-state index is 0.162. The van der Waals surface area contributed by atoms with Crippen LogP contribution in [-0.4, -0.2) is 4.57 Å². The monoisotopic (exact) mass is 875 g/mol. The maximum absolute atomic E-state index is 2.51. The highest BCUT2D eigenvalue weighted by Crippen LogP contribution is 2.59. The summed E-state index contributed by atoms with van der Waals surface area (Å²) in [4.78, 5) is 0. The molecule has 0 spiro atoms. The average Bonchev–Trinajstić information content (AvgIpc) is 4.06. The number of benzene rings is 11. The fraction of sp³-hybridized carbons (Fsp3) is 0.0294. The van der Waals surface area contributed by atoms with Gasteiger partial charge in [-0.3, -0.25) is 0 Å². The van der Waals surface area contributed by atoms with Crippen molar-refractivity contribution in [2.75, 3.05) is 0 Å². The normalized spacial score (nSPS) is 14.1. The van der Waals surface area contributed by atoms with Crippen molar-refractivity contribution in [1.82, 2.24) is 4.57 Å². The van der Waals surface area contributed by atoms with Crippen LogP contribution in [-0.2, 0) is 5.41 Å². The molecule has 0 saturated carbocycles. The third-order valence-electron chi connectivity index (χ3n) is 15.2. The molecule has 322 valence electrons. The zero-order valence-corrected chi connectivity index (χ0v) is 37.9. The van der Waals surface area contributed by atoms with Gasteiger partial charge in [-0.15, -0.1) is 0 Å². The smallest absolute Gasteiger partial charge is 0.0720 e. The topological polar surface area (TPSA) is 4.93 Å². The Hall–Kier alpha value is -8.78. The molecular formula is C68H45N. The van der Waals surface area contributed by atoms with Crippen LogP contribution in [0.2, 0.25) is 0 Å². The molecule has 0 amide bonds. The van der Waals surface area contributed by atoms with Crippen molar-refractivity contribution < 1.29 is 0 Å². The Morgan fingerprint density at radius 3 is 1.57 bits per heavy atom. The van der Waals surface area contributed by atoms with Gasteiger partial charge < -0.3 is 4.57 Å². The Kier molecular flexibility index (Phi) is 8.94. The third-order valence-corrected chi connectivity index (χ3v) is 15.2. The second kappa shape index (κ2) is 15.7. The molecule has 1 aromatic heterocycles. The van der Waals surface area contributed by atoms with Gasteiger partial charge in [0.25, 0.3) is 0 Å². The lowest BCUT2D eigenvalue weighted by Crippen LogP contribution is -2.28. The van der Waals surface area contributed by atoms with E-state index in [1.54, 1.807) is 0 Å². The Morgan fingerprint density at radius 1 is 0.319 bits per heavy atom. The van der Waals surface area contributed by atoms with Gasteiger partial charge in [0.1, 0.15) is 0 Å². The maximum Gasteiger partial charge on any atom is 0.0720 e. The lowest BCUT2D eigenvalue weighted by Gasteiger charge is -2.34. The van der Waals surface area contributed by atoms with Crippen molar-refractivity contribution in [3.63, 3.8) is 0 Å². The van der Waals surface area contributed by atoms with E-state index in [-0.39, 0.29) is 5.92 Å². The van der Waals surface area contributed by atoms with Crippen LogP contribution in [0.5, 0.6) is 0 Å². The van der Waals surface area contributed by atoms with Gasteiger partial charge in [-0.05, 0) is 131 Å². The molecular weight excluding hydrogens is 831 g/mol. The molecule has 1 nitrogen and oxygen atoms in total. The first-order valence-electron chi connectivity index (χ1n) is 24.1. The first kappa shape index (κ1) is 39.4. The summed E-state index contributed by atoms with van der Waals surface area (Å²) in [5.41, 5.74) is 24.6. The van der Waals surface area contributed by atoms with E-state index < -0.39 is 5.41 Å². The number of aromatic nitrogens is 1. The number of rotatable bonds is 7. The van der Waals surface area contributed by atoms with Gasteiger partial charge in [0, 0.05) is 22.4 Å². The van der Waals surface area contributed by atoms with E-state index in [9.17, 15) is 0 Å². The predicted molar refractivity (Wildman–Crippen MR) is 287 cm³/mol. The van der Waals surface area contributed by atoms with Gasteiger partial charge in [0.2, 0.25) is 0 Å². The van der Waals surface area contributed by atoms with Gasteiger partial charge >= 0.3 is 0 Å². The largest absolute Gasteiger partial charge is 0.309 e. The molecule has 12 aromatic rings. The van der Waals surface area contributed by atoms with Crippen LogP contribution >= 0.6 is 0 Å². The SMILES string of the molecule is c1ccc(-c2ccc(C3c4ccccc4-c4cc(-c5ccc6c(c5)c5c7c(ccc5n6-c5cccc(-c6ccccc6)c5)-c5ccccc5C7(c5ccccc5)c5ccccc5)ccc43)cc2)cc1. The molecule has 0 radical (unpaired) electrons. The van der Waals surface area contributed by atoms with Crippen molar-refractivity contribution in [2.45, 2.75) is 11.3 Å². The van der Waals surface area contributed by atoms with Crippen molar-refractivity contribution >= 4 is 21.8 Å². The minimum atomic E-state index is -0.569. The summed E-state index contributed by atoms with van der Waals surface area (Å²) in [6.07, 6.45) is 0. The zero-order valence-electron chi connectivity index (χ0n) is 37.9. The van der Waals surface area contributed by atoms with E-state index >= 15 is 0 Å². The maximum atomic E-state index is 2.51. The van der Waals surface area contributed by atoms with Crippen LogP contribution in [0.3, 0.4) is 0 Å². The van der Waals surface area contributed by atoms with Gasteiger partial charge in [-0.25, -0.2) is 0 Å². The van der Waals surface area contributed by atoms with Gasteiger partial charge in [0.05, 0.1) is 16.4 Å². The highest BCUT2D eigenvalue weighted by atomic mass is 15.0. The molecule has 0 aliphatic heterocycles. The van der Waals surface area contributed by atoms with Gasteiger partial charge in [-0.1, -0.05) is 231 Å². The molecule has 1 heteroatoms. The average molecular weight is 876 g/mol. The highest BCUT2D eigenvalue weighted by molar-refractivity contribution is 6.16. The number of hydrogen-bond acceptors (Lipinski definition) is 0. The van der Waals surface area contributed by atoms with Crippen molar-refractivity contribution in [1.29, 1.82) is 0 Å². The van der Waals surface area contributed by atoms with Crippen molar-refractivity contribution in [3.8, 4) is 61.3 Å². The van der Waals surface area contributed by atoms with Gasteiger partial charge in [0.15, 0.2) is 0 Å². The van der Waals surface area contributed by atoms with Crippen LogP contribution in [0.25, 0.3) is 83.1 Å². The summed E-state index contributed by atoms with van der Waals surface area (Å²) in [7, 11) is 0. The Balaban J connectivity index is 1.01. The van der Waals surface area contributed by atoms with E-state index in [4.69, 9.17) is 0 Å². The molecule has 0 fully saturated rings. The van der Waals surface area contributed by atoms with Crippen molar-refractivity contribution in [3.05, 3.63) is 306 Å². The summed E-state index contributed by atoms with van der Waals surface area (Å²) in [6, 6.07) is 99.4. The second-order valence-corrected chi connectivity index (χ2v) is 18.7. The number of nitrogens with zero attached hydrogens (tertiary/aromatic N) is 1. The Labute approximate surface area is 402 Å². The summed E-state index contributed by atoms with van der Waals surface area (Å²) in [6.45, 7) is 0. The minimum Gasteiger partial charge on any atom is -0.309 e. The molecule has 1 atom stereocenters. The molecule has 1 heterocycles. The quantitative estimate of drug-likeness (QED) is 0.150. The molecule has 14 rings (SSSR count). The van der Waals surface area contributed by atoms with Crippen LogP contribution in [0.15, 0.2) is 267 Å². The zero-order chi connectivity index (χ0) is 45.5. The van der Waals surface area contributed by atoms with E-state index in [1.165, 1.54) is 116 Å². The van der Waals surface area contributed by atoms with E-state index in [0.29, 0.717) is 0 Å². The first-order valence-corrected chi connectivity index (χ1v) is 24.1. The first-order chi connectivity index (χ1) is 34.2.